The average Bonchev–Trinajstić information content (AvgIpc) is 3.19. The fraction of sp³-hybridized carbons (Fsp3) is 0.407. The monoisotopic (exact) mass is 559 g/mol. The maximum atomic E-state index is 13.0. The second-order valence-electron chi connectivity index (χ2n) is 9.75. The SMILES string of the molecule is CNC(=O)c1c(-c2ccc(C)cc2)oc2cc3c(cc12)[C@H](C)O[C@H](COC(=O)[C@@H](N)[C@@H](C)O)CN3S(C)(=O)=O. The normalized spacial score (nSPS) is 19.2. The number of fused-ring (bicyclic) bond motifs is 2. The number of nitrogens with zero attached hydrogens (tertiary/aromatic N) is 1. The molecule has 4 N–H and O–H groups in total. The van der Waals surface area contributed by atoms with Crippen molar-refractivity contribution < 1.29 is 37.0 Å². The Hall–Kier alpha value is -3.45. The lowest BCUT2D eigenvalue weighted by atomic mass is 10.00. The Morgan fingerprint density at radius 3 is 2.51 bits per heavy atom. The van der Waals surface area contributed by atoms with Crippen molar-refractivity contribution in [3.63, 3.8) is 0 Å². The lowest BCUT2D eigenvalue weighted by Gasteiger charge is -2.25. The van der Waals surface area contributed by atoms with Crippen LogP contribution >= 0.6 is 0 Å². The predicted molar refractivity (Wildman–Crippen MR) is 146 cm³/mol. The van der Waals surface area contributed by atoms with E-state index in [9.17, 15) is 23.1 Å². The van der Waals surface area contributed by atoms with Crippen molar-refractivity contribution in [1.82, 2.24) is 5.32 Å². The molecule has 1 aliphatic rings. The Morgan fingerprint density at radius 1 is 1.26 bits per heavy atom. The molecule has 2 aromatic carbocycles. The molecule has 1 aromatic heterocycles. The molecule has 0 saturated carbocycles. The van der Waals surface area contributed by atoms with E-state index in [1.54, 1.807) is 19.1 Å². The van der Waals surface area contributed by atoms with Crippen LogP contribution in [0.4, 0.5) is 5.69 Å². The highest BCUT2D eigenvalue weighted by atomic mass is 32.2. The van der Waals surface area contributed by atoms with Crippen LogP contribution in [-0.2, 0) is 24.3 Å². The standard InChI is InChI=1S/C27H33N3O8S/c1-14-6-8-17(9-7-14)25-23(26(32)29-4)20-10-19-16(3)37-18(13-36-27(33)24(28)15(2)31)12-30(39(5,34)35)21(19)11-22(20)38-25/h6-11,15-16,18,24,31H,12-13,28H2,1-5H3,(H,29,32)/t15-,16+,18+,24+/m1/s1. The quantitative estimate of drug-likeness (QED) is 0.369. The number of ether oxygens (including phenoxy) is 2. The van der Waals surface area contributed by atoms with Crippen LogP contribution < -0.4 is 15.4 Å². The van der Waals surface area contributed by atoms with Crippen molar-refractivity contribution in [2.45, 2.75) is 45.1 Å². The molecule has 0 aliphatic carbocycles. The van der Waals surface area contributed by atoms with Crippen LogP contribution in [0.1, 0.15) is 41.4 Å². The van der Waals surface area contributed by atoms with E-state index in [1.807, 2.05) is 31.2 Å². The number of esters is 1. The second-order valence-corrected chi connectivity index (χ2v) is 11.7. The minimum atomic E-state index is -3.81. The van der Waals surface area contributed by atoms with Gasteiger partial charge in [-0.15, -0.1) is 0 Å². The van der Waals surface area contributed by atoms with Crippen LogP contribution in [-0.4, -0.2) is 70.1 Å². The van der Waals surface area contributed by atoms with Crippen LogP contribution in [0.2, 0.25) is 0 Å². The van der Waals surface area contributed by atoms with Crippen molar-refractivity contribution in [2.24, 2.45) is 5.73 Å². The molecule has 0 saturated heterocycles. The number of hydrogen-bond acceptors (Lipinski definition) is 9. The third kappa shape index (κ3) is 5.78. The van der Waals surface area contributed by atoms with Crippen LogP contribution in [0.25, 0.3) is 22.3 Å². The van der Waals surface area contributed by atoms with E-state index in [0.29, 0.717) is 39.1 Å². The first-order chi connectivity index (χ1) is 18.3. The molecule has 0 spiro atoms. The Bertz CT molecular complexity index is 1500. The van der Waals surface area contributed by atoms with Crippen molar-refractivity contribution in [1.29, 1.82) is 0 Å². The van der Waals surface area contributed by atoms with Gasteiger partial charge in [0.05, 0.1) is 36.3 Å². The molecule has 4 rings (SSSR count). The average molecular weight is 560 g/mol. The zero-order valence-electron chi connectivity index (χ0n) is 22.4. The molecule has 0 radical (unpaired) electrons. The van der Waals surface area contributed by atoms with Crippen LogP contribution in [0.15, 0.2) is 40.8 Å². The zero-order valence-corrected chi connectivity index (χ0v) is 23.2. The fourth-order valence-electron chi connectivity index (χ4n) is 4.51. The van der Waals surface area contributed by atoms with Gasteiger partial charge in [0, 0.05) is 29.6 Å². The number of aryl methyl sites for hydroxylation is 1. The molecule has 0 fully saturated rings. The number of benzene rings is 2. The highest BCUT2D eigenvalue weighted by Crippen LogP contribution is 2.42. The number of sulfonamides is 1. The first-order valence-corrected chi connectivity index (χ1v) is 14.3. The first kappa shape index (κ1) is 28.6. The highest BCUT2D eigenvalue weighted by molar-refractivity contribution is 7.92. The Kier molecular flexibility index (Phi) is 8.03. The van der Waals surface area contributed by atoms with Gasteiger partial charge in [0.1, 0.15) is 30.1 Å². The van der Waals surface area contributed by atoms with Crippen molar-refractivity contribution in [2.75, 3.05) is 30.8 Å². The number of anilines is 1. The number of rotatable bonds is 7. The summed E-state index contributed by atoms with van der Waals surface area (Å²) in [6, 6.07) is 9.59. The molecule has 4 atom stereocenters. The summed E-state index contributed by atoms with van der Waals surface area (Å²) in [5.74, 6) is -0.820. The molecular weight excluding hydrogens is 526 g/mol. The van der Waals surface area contributed by atoms with E-state index in [4.69, 9.17) is 19.6 Å². The van der Waals surface area contributed by atoms with Gasteiger partial charge in [-0.2, -0.15) is 0 Å². The smallest absolute Gasteiger partial charge is 0.325 e. The van der Waals surface area contributed by atoms with Gasteiger partial charge in [0.15, 0.2) is 0 Å². The molecule has 0 unspecified atom stereocenters. The first-order valence-electron chi connectivity index (χ1n) is 12.4. The number of furan rings is 1. The zero-order chi connectivity index (χ0) is 28.6. The molecule has 2 heterocycles. The van der Waals surface area contributed by atoms with Gasteiger partial charge < -0.3 is 30.0 Å². The van der Waals surface area contributed by atoms with Gasteiger partial charge in [0.25, 0.3) is 5.91 Å². The molecule has 39 heavy (non-hydrogen) atoms. The lowest BCUT2D eigenvalue weighted by molar-refractivity contribution is -0.152. The number of carbonyl (C=O) groups is 2. The minimum Gasteiger partial charge on any atom is -0.462 e. The second kappa shape index (κ2) is 11.0. The summed E-state index contributed by atoms with van der Waals surface area (Å²) in [6.07, 6.45) is -1.52. The molecule has 210 valence electrons. The topological polar surface area (TPSA) is 161 Å². The van der Waals surface area contributed by atoms with Crippen molar-refractivity contribution in [3.8, 4) is 11.3 Å². The van der Waals surface area contributed by atoms with Gasteiger partial charge in [-0.05, 0) is 26.8 Å². The number of hydrogen-bond donors (Lipinski definition) is 3. The third-order valence-electron chi connectivity index (χ3n) is 6.68. The maximum Gasteiger partial charge on any atom is 0.325 e. The van der Waals surface area contributed by atoms with Crippen molar-refractivity contribution >= 4 is 38.6 Å². The van der Waals surface area contributed by atoms with E-state index in [1.165, 1.54) is 18.3 Å². The number of amides is 1. The molecule has 1 amide bonds. The molecule has 1 aliphatic heterocycles. The lowest BCUT2D eigenvalue weighted by Crippen LogP contribution is -2.44. The third-order valence-corrected chi connectivity index (χ3v) is 7.83. The van der Waals surface area contributed by atoms with Crippen LogP contribution in [0.3, 0.4) is 0 Å². The van der Waals surface area contributed by atoms with E-state index >= 15 is 0 Å². The maximum absolute atomic E-state index is 13.0. The summed E-state index contributed by atoms with van der Waals surface area (Å²) in [7, 11) is -2.29. The van der Waals surface area contributed by atoms with E-state index in [0.717, 1.165) is 11.8 Å². The van der Waals surface area contributed by atoms with Gasteiger partial charge in [-0.3, -0.25) is 13.9 Å². The molecular formula is C27H33N3O8S. The van der Waals surface area contributed by atoms with Gasteiger partial charge in [-0.1, -0.05) is 29.8 Å². The Balaban J connectivity index is 1.80. The molecule has 0 bridgehead atoms. The van der Waals surface area contributed by atoms with E-state index in [2.05, 4.69) is 5.32 Å². The Labute approximate surface area is 226 Å². The number of carbonyl (C=O) groups excluding carboxylic acids is 2. The molecule has 3 aromatic rings. The van der Waals surface area contributed by atoms with Gasteiger partial charge in [-0.25, -0.2) is 8.42 Å². The number of aliphatic hydroxyl groups excluding tert-OH is 1. The summed E-state index contributed by atoms with van der Waals surface area (Å²) in [4.78, 5) is 25.2. The van der Waals surface area contributed by atoms with E-state index < -0.39 is 40.3 Å². The van der Waals surface area contributed by atoms with Crippen molar-refractivity contribution in [3.05, 3.63) is 53.1 Å². The summed E-state index contributed by atoms with van der Waals surface area (Å²) in [5, 5.41) is 12.7. The molecule has 12 heteroatoms. The largest absolute Gasteiger partial charge is 0.462 e. The summed E-state index contributed by atoms with van der Waals surface area (Å²) in [5.41, 5.74) is 8.89. The van der Waals surface area contributed by atoms with Gasteiger partial charge in [0.2, 0.25) is 10.0 Å². The number of aliphatic hydroxyl groups is 1. The number of nitrogens with one attached hydrogen (secondary N) is 1. The van der Waals surface area contributed by atoms with Crippen LogP contribution in [0.5, 0.6) is 0 Å². The number of nitrogens with two attached hydrogens (primary N) is 1. The summed E-state index contributed by atoms with van der Waals surface area (Å²) < 4.78 is 44.5. The predicted octanol–water partition coefficient (Wildman–Crippen LogP) is 2.24. The fourth-order valence-corrected chi connectivity index (χ4v) is 5.46. The van der Waals surface area contributed by atoms with E-state index in [-0.39, 0.29) is 19.1 Å². The summed E-state index contributed by atoms with van der Waals surface area (Å²) in [6.45, 7) is 4.64. The van der Waals surface area contributed by atoms with Gasteiger partial charge >= 0.3 is 5.97 Å². The highest BCUT2D eigenvalue weighted by Gasteiger charge is 2.35. The summed E-state index contributed by atoms with van der Waals surface area (Å²) >= 11 is 0. The Morgan fingerprint density at radius 2 is 1.92 bits per heavy atom. The minimum absolute atomic E-state index is 0.146. The molecule has 11 nitrogen and oxygen atoms in total. The van der Waals surface area contributed by atoms with Crippen LogP contribution in [0, 0.1) is 6.92 Å².